The normalized spacial score (nSPS) is 10.3. The molecule has 3 rings (SSSR count). The molecule has 0 radical (unpaired) electrons. The van der Waals surface area contributed by atoms with E-state index in [0.717, 1.165) is 11.1 Å². The van der Waals surface area contributed by atoms with Gasteiger partial charge in [0.2, 0.25) is 0 Å². The fraction of sp³-hybridized carbons (Fsp3) is 0.150. The van der Waals surface area contributed by atoms with Crippen molar-refractivity contribution in [3.8, 4) is 17.6 Å². The van der Waals surface area contributed by atoms with Crippen LogP contribution in [0.4, 0.5) is 5.69 Å². The van der Waals surface area contributed by atoms with Gasteiger partial charge in [0.1, 0.15) is 17.9 Å². The fourth-order valence-corrected chi connectivity index (χ4v) is 2.89. The van der Waals surface area contributed by atoms with E-state index < -0.39 is 0 Å². The molecule has 0 aliphatic heterocycles. The Morgan fingerprint density at radius 2 is 1.92 bits per heavy atom. The number of halogens is 2. The number of nitrogens with zero attached hydrogens (tertiary/aromatic N) is 1. The third-order valence-corrected chi connectivity index (χ3v) is 4.20. The van der Waals surface area contributed by atoms with Gasteiger partial charge in [-0.25, -0.2) is 4.79 Å². The summed E-state index contributed by atoms with van der Waals surface area (Å²) in [5.74, 6) is 6.48. The van der Waals surface area contributed by atoms with Gasteiger partial charge in [-0.05, 0) is 30.3 Å². The Morgan fingerprint density at radius 1 is 1.12 bits per heavy atom. The fourth-order valence-electron chi connectivity index (χ4n) is 2.43. The maximum atomic E-state index is 11.7. The molecule has 26 heavy (non-hydrogen) atoms. The van der Waals surface area contributed by atoms with Crippen molar-refractivity contribution in [2.24, 2.45) is 0 Å². The molecular weight excluding hydrogens is 373 g/mol. The molecule has 0 amide bonds. The van der Waals surface area contributed by atoms with E-state index in [9.17, 15) is 4.79 Å². The van der Waals surface area contributed by atoms with Crippen LogP contribution in [0.1, 0.15) is 0 Å². The van der Waals surface area contributed by atoms with Gasteiger partial charge in [0.05, 0.1) is 17.3 Å². The van der Waals surface area contributed by atoms with Gasteiger partial charge in [-0.1, -0.05) is 47.2 Å². The van der Waals surface area contributed by atoms with Crippen molar-refractivity contribution in [1.82, 2.24) is 0 Å². The largest absolute Gasteiger partial charge is 0.479 e. The Kier molecular flexibility index (Phi) is 5.72. The van der Waals surface area contributed by atoms with Crippen LogP contribution in [0.25, 0.3) is 11.0 Å². The van der Waals surface area contributed by atoms with Crippen molar-refractivity contribution in [2.75, 3.05) is 25.1 Å². The van der Waals surface area contributed by atoms with Crippen LogP contribution in [0.3, 0.4) is 0 Å². The second-order valence-corrected chi connectivity index (χ2v) is 6.36. The number of hydrogen-bond donors (Lipinski definition) is 0. The van der Waals surface area contributed by atoms with Gasteiger partial charge < -0.3 is 14.1 Å². The summed E-state index contributed by atoms with van der Waals surface area (Å²) in [6.45, 7) is 0.637. The van der Waals surface area contributed by atoms with Gasteiger partial charge in [0, 0.05) is 23.5 Å². The molecule has 0 fully saturated rings. The van der Waals surface area contributed by atoms with E-state index in [4.69, 9.17) is 32.4 Å². The Labute approximate surface area is 160 Å². The number of anilines is 1. The molecule has 0 N–H and O–H groups in total. The lowest BCUT2D eigenvalue weighted by atomic mass is 10.2. The van der Waals surface area contributed by atoms with Crippen molar-refractivity contribution in [3.63, 3.8) is 0 Å². The molecule has 1 heterocycles. The molecule has 0 spiro atoms. The van der Waals surface area contributed by atoms with Crippen LogP contribution in [0, 0.1) is 11.8 Å². The van der Waals surface area contributed by atoms with E-state index in [-0.39, 0.29) is 12.2 Å². The molecule has 0 aliphatic carbocycles. The first-order chi connectivity index (χ1) is 12.5. The monoisotopic (exact) mass is 387 g/mol. The highest BCUT2D eigenvalue weighted by Crippen LogP contribution is 2.27. The Balaban J connectivity index is 1.66. The summed E-state index contributed by atoms with van der Waals surface area (Å²) in [4.78, 5) is 13.6. The van der Waals surface area contributed by atoms with Gasteiger partial charge in [-0.2, -0.15) is 0 Å². The minimum atomic E-state index is -0.390. The van der Waals surface area contributed by atoms with E-state index in [0.29, 0.717) is 27.9 Å². The Bertz CT molecular complexity index is 1050. The standard InChI is InChI=1S/C20H15Cl2NO3/c1-23(17-13-20(24)26-18-7-3-2-6-15(17)18)10-4-5-11-25-19-9-8-14(21)12-16(19)22/h2-3,6-9,12-13H,10-11H2,1H3. The molecule has 0 unspecified atom stereocenters. The second-order valence-electron chi connectivity index (χ2n) is 5.52. The van der Waals surface area contributed by atoms with Crippen LogP contribution in [0.15, 0.2) is 57.7 Å². The molecule has 2 aromatic carbocycles. The van der Waals surface area contributed by atoms with Gasteiger partial charge in [0.25, 0.3) is 0 Å². The summed E-state index contributed by atoms with van der Waals surface area (Å²) in [5, 5.41) is 1.86. The van der Waals surface area contributed by atoms with Gasteiger partial charge in [0.15, 0.2) is 0 Å². The molecule has 1 aromatic heterocycles. The van der Waals surface area contributed by atoms with Gasteiger partial charge in [-0.15, -0.1) is 0 Å². The minimum absolute atomic E-state index is 0.201. The van der Waals surface area contributed by atoms with Crippen molar-refractivity contribution < 1.29 is 9.15 Å². The number of ether oxygens (including phenoxy) is 1. The molecule has 0 saturated heterocycles. The van der Waals surface area contributed by atoms with Crippen LogP contribution in [0.5, 0.6) is 5.75 Å². The van der Waals surface area contributed by atoms with E-state index in [1.807, 2.05) is 30.1 Å². The smallest absolute Gasteiger partial charge is 0.338 e. The summed E-state index contributed by atoms with van der Waals surface area (Å²) in [7, 11) is 1.87. The Morgan fingerprint density at radius 3 is 2.73 bits per heavy atom. The maximum absolute atomic E-state index is 11.7. The lowest BCUT2D eigenvalue weighted by Gasteiger charge is -2.17. The minimum Gasteiger partial charge on any atom is -0.479 e. The number of fused-ring (bicyclic) bond motifs is 1. The predicted molar refractivity (Wildman–Crippen MR) is 105 cm³/mol. The van der Waals surface area contributed by atoms with Crippen molar-refractivity contribution in [2.45, 2.75) is 0 Å². The van der Waals surface area contributed by atoms with Crippen molar-refractivity contribution in [3.05, 3.63) is 69.0 Å². The summed E-state index contributed by atoms with van der Waals surface area (Å²) in [6.07, 6.45) is 0. The zero-order valence-electron chi connectivity index (χ0n) is 14.0. The van der Waals surface area contributed by atoms with Crippen molar-refractivity contribution >= 4 is 39.9 Å². The summed E-state index contributed by atoms with van der Waals surface area (Å²) >= 11 is 11.9. The first-order valence-electron chi connectivity index (χ1n) is 7.82. The van der Waals surface area contributed by atoms with E-state index in [1.54, 1.807) is 24.3 Å². The molecule has 0 aliphatic rings. The second kappa shape index (κ2) is 8.18. The molecule has 6 heteroatoms. The van der Waals surface area contributed by atoms with E-state index >= 15 is 0 Å². The third kappa shape index (κ3) is 4.32. The molecule has 132 valence electrons. The Hall–Kier alpha value is -2.61. The molecule has 4 nitrogen and oxygen atoms in total. The average Bonchev–Trinajstić information content (AvgIpc) is 2.62. The maximum Gasteiger partial charge on any atom is 0.338 e. The van der Waals surface area contributed by atoms with Crippen LogP contribution < -0.4 is 15.3 Å². The van der Waals surface area contributed by atoms with E-state index in [2.05, 4.69) is 11.8 Å². The van der Waals surface area contributed by atoms with Crippen molar-refractivity contribution in [1.29, 1.82) is 0 Å². The lowest BCUT2D eigenvalue weighted by molar-refractivity contribution is 0.370. The van der Waals surface area contributed by atoms with Crippen LogP contribution >= 0.6 is 23.2 Å². The molecule has 0 saturated carbocycles. The number of benzene rings is 2. The average molecular weight is 388 g/mol. The third-order valence-electron chi connectivity index (χ3n) is 3.67. The quantitative estimate of drug-likeness (QED) is 0.483. The molecule has 3 aromatic rings. The number of rotatable bonds is 4. The first kappa shape index (κ1) is 18.2. The van der Waals surface area contributed by atoms with Crippen LogP contribution in [-0.4, -0.2) is 20.2 Å². The van der Waals surface area contributed by atoms with Gasteiger partial charge in [-0.3, -0.25) is 0 Å². The van der Waals surface area contributed by atoms with Crippen LogP contribution in [-0.2, 0) is 0 Å². The summed E-state index contributed by atoms with van der Waals surface area (Å²) in [6, 6.07) is 13.9. The predicted octanol–water partition coefficient (Wildman–Crippen LogP) is 4.62. The molecule has 0 atom stereocenters. The zero-order chi connectivity index (χ0) is 18.5. The number of para-hydroxylation sites is 1. The molecular formula is C20H15Cl2NO3. The number of hydrogen-bond acceptors (Lipinski definition) is 4. The highest BCUT2D eigenvalue weighted by molar-refractivity contribution is 6.35. The van der Waals surface area contributed by atoms with Gasteiger partial charge >= 0.3 is 5.63 Å². The highest BCUT2D eigenvalue weighted by Gasteiger charge is 2.08. The van der Waals surface area contributed by atoms with E-state index in [1.165, 1.54) is 6.07 Å². The first-order valence-corrected chi connectivity index (χ1v) is 8.58. The summed E-state index contributed by atoms with van der Waals surface area (Å²) < 4.78 is 10.7. The van der Waals surface area contributed by atoms with Crippen LogP contribution in [0.2, 0.25) is 10.0 Å². The topological polar surface area (TPSA) is 42.7 Å². The summed E-state index contributed by atoms with van der Waals surface area (Å²) in [5.41, 5.74) is 0.933. The SMILES string of the molecule is CN(CC#CCOc1ccc(Cl)cc1Cl)c1cc(=O)oc2ccccc12. The molecule has 0 bridgehead atoms. The zero-order valence-corrected chi connectivity index (χ0v) is 15.5. The highest BCUT2D eigenvalue weighted by atomic mass is 35.5. The lowest BCUT2D eigenvalue weighted by Crippen LogP contribution is -2.19.